The Labute approximate surface area is 155 Å². The Bertz CT molecular complexity index is 601. The van der Waals surface area contributed by atoms with Gasteiger partial charge in [0.05, 0.1) is 7.11 Å². The highest BCUT2D eigenvalue weighted by molar-refractivity contribution is 5.76. The van der Waals surface area contributed by atoms with Gasteiger partial charge in [-0.2, -0.15) is 0 Å². The van der Waals surface area contributed by atoms with Crippen molar-refractivity contribution in [3.63, 3.8) is 0 Å². The molecule has 1 aromatic carbocycles. The fraction of sp³-hybridized carbons (Fsp3) is 0.650. The number of ether oxygens (including phenoxy) is 3. The number of hydrogen-bond donors (Lipinski definition) is 1. The first kappa shape index (κ1) is 19.0. The molecule has 26 heavy (non-hydrogen) atoms. The maximum atomic E-state index is 12.3. The Morgan fingerprint density at radius 2 is 2.15 bits per heavy atom. The van der Waals surface area contributed by atoms with Gasteiger partial charge < -0.3 is 19.5 Å². The Morgan fingerprint density at radius 3 is 2.88 bits per heavy atom. The number of hydrogen-bond acceptors (Lipinski definition) is 5. The molecular weight excluding hydrogens is 332 g/mol. The third-order valence-electron chi connectivity index (χ3n) is 5.11. The van der Waals surface area contributed by atoms with Gasteiger partial charge in [0, 0.05) is 50.9 Å². The number of methoxy groups -OCH3 is 1. The second kappa shape index (κ2) is 9.24. The van der Waals surface area contributed by atoms with Crippen LogP contribution < -0.4 is 14.8 Å². The molecular formula is C20H30N2O4. The summed E-state index contributed by atoms with van der Waals surface area (Å²) in [5.74, 6) is 1.88. The zero-order valence-corrected chi connectivity index (χ0v) is 15.8. The van der Waals surface area contributed by atoms with Gasteiger partial charge in [0.1, 0.15) is 17.6 Å². The lowest BCUT2D eigenvalue weighted by Crippen LogP contribution is -2.41. The first-order valence-corrected chi connectivity index (χ1v) is 9.61. The summed E-state index contributed by atoms with van der Waals surface area (Å²) < 4.78 is 16.8. The normalized spacial score (nSPS) is 21.4. The summed E-state index contributed by atoms with van der Waals surface area (Å²) in [4.78, 5) is 14.6. The lowest BCUT2D eigenvalue weighted by atomic mass is 10.1. The summed E-state index contributed by atoms with van der Waals surface area (Å²) in [6.45, 7) is 5.95. The highest BCUT2D eigenvalue weighted by atomic mass is 16.5. The molecule has 0 saturated carbocycles. The van der Waals surface area contributed by atoms with Crippen LogP contribution in [0.5, 0.6) is 11.5 Å². The maximum Gasteiger partial charge on any atom is 0.221 e. The molecule has 1 aromatic rings. The molecule has 1 fully saturated rings. The lowest BCUT2D eigenvalue weighted by molar-refractivity contribution is -0.122. The molecule has 1 atom stereocenters. The van der Waals surface area contributed by atoms with Crippen molar-refractivity contribution in [3.8, 4) is 11.5 Å². The van der Waals surface area contributed by atoms with Crippen LogP contribution in [0.2, 0.25) is 0 Å². The largest absolute Gasteiger partial charge is 0.497 e. The number of fused-ring (bicyclic) bond motifs is 1. The zero-order valence-electron chi connectivity index (χ0n) is 15.8. The summed E-state index contributed by atoms with van der Waals surface area (Å²) in [6, 6.07) is 6.21. The van der Waals surface area contributed by atoms with Gasteiger partial charge in [0.2, 0.25) is 5.91 Å². The molecule has 3 rings (SSSR count). The van der Waals surface area contributed by atoms with Gasteiger partial charge in [-0.05, 0) is 37.5 Å². The van der Waals surface area contributed by atoms with Crippen molar-refractivity contribution in [1.82, 2.24) is 10.2 Å². The molecule has 0 spiro atoms. The van der Waals surface area contributed by atoms with Crippen molar-refractivity contribution in [3.05, 3.63) is 23.8 Å². The molecule has 0 bridgehead atoms. The van der Waals surface area contributed by atoms with Crippen molar-refractivity contribution in [2.24, 2.45) is 0 Å². The maximum absolute atomic E-state index is 12.3. The van der Waals surface area contributed by atoms with E-state index in [1.807, 2.05) is 18.2 Å². The Kier molecular flexibility index (Phi) is 6.74. The first-order valence-electron chi connectivity index (χ1n) is 9.61. The summed E-state index contributed by atoms with van der Waals surface area (Å²) in [5, 5.41) is 3.14. The highest BCUT2D eigenvalue weighted by Gasteiger charge is 2.23. The predicted molar refractivity (Wildman–Crippen MR) is 99.6 cm³/mol. The van der Waals surface area contributed by atoms with Crippen LogP contribution in [-0.4, -0.2) is 56.4 Å². The zero-order chi connectivity index (χ0) is 18.4. The molecule has 1 amide bonds. The molecule has 1 saturated heterocycles. The highest BCUT2D eigenvalue weighted by Crippen LogP contribution is 2.29. The van der Waals surface area contributed by atoms with Gasteiger partial charge in [-0.25, -0.2) is 0 Å². The second-order valence-electron chi connectivity index (χ2n) is 7.06. The number of nitrogens with zero attached hydrogens (tertiary/aromatic N) is 1. The third-order valence-corrected chi connectivity index (χ3v) is 5.11. The number of amides is 1. The molecule has 6 heteroatoms. The summed E-state index contributed by atoms with van der Waals surface area (Å²) in [7, 11) is 1.67. The van der Waals surface area contributed by atoms with Crippen LogP contribution in [0.4, 0.5) is 0 Å². The van der Waals surface area contributed by atoms with E-state index in [0.717, 1.165) is 69.2 Å². The lowest BCUT2D eigenvalue weighted by Gasteiger charge is -2.25. The number of carbonyl (C=O) groups excluding carboxylic acids is 1. The van der Waals surface area contributed by atoms with Crippen molar-refractivity contribution in [1.29, 1.82) is 0 Å². The van der Waals surface area contributed by atoms with Gasteiger partial charge in [-0.15, -0.1) is 0 Å². The molecule has 2 aliphatic rings. The van der Waals surface area contributed by atoms with Gasteiger partial charge in [-0.1, -0.05) is 6.92 Å². The van der Waals surface area contributed by atoms with Crippen LogP contribution in [-0.2, 0) is 16.1 Å². The number of nitrogens with one attached hydrogen (secondary N) is 1. The van der Waals surface area contributed by atoms with Gasteiger partial charge in [0.15, 0.2) is 0 Å². The minimum Gasteiger partial charge on any atom is -0.497 e. The van der Waals surface area contributed by atoms with E-state index in [0.29, 0.717) is 6.42 Å². The fourth-order valence-electron chi connectivity index (χ4n) is 3.52. The van der Waals surface area contributed by atoms with Crippen molar-refractivity contribution < 1.29 is 19.0 Å². The Balaban J connectivity index is 1.58. The number of carbonyl (C=O) groups is 1. The molecule has 2 heterocycles. The van der Waals surface area contributed by atoms with Crippen molar-refractivity contribution >= 4 is 5.91 Å². The van der Waals surface area contributed by atoms with E-state index in [1.165, 1.54) is 0 Å². The summed E-state index contributed by atoms with van der Waals surface area (Å²) in [5.41, 5.74) is 1.12. The number of rotatable bonds is 6. The van der Waals surface area contributed by atoms with E-state index in [9.17, 15) is 4.79 Å². The van der Waals surface area contributed by atoms with Crippen molar-refractivity contribution in [2.45, 2.75) is 51.3 Å². The summed E-state index contributed by atoms with van der Waals surface area (Å²) >= 11 is 0. The molecule has 0 radical (unpaired) electrons. The molecule has 144 valence electrons. The van der Waals surface area contributed by atoms with Crippen LogP contribution in [0.1, 0.15) is 38.2 Å². The van der Waals surface area contributed by atoms with E-state index >= 15 is 0 Å². The molecule has 6 nitrogen and oxygen atoms in total. The molecule has 1 N–H and O–H groups in total. The SMILES string of the molecule is CCC1CN(CCC(=O)NC2CCOCC2)Cc2cc(OC)ccc2O1. The standard InChI is InChI=1S/C20H30N2O4/c1-3-17-14-22(9-6-20(23)21-16-7-10-25-11-8-16)13-15-12-18(24-2)4-5-19(15)26-17/h4-5,12,16-17H,3,6-11,13-14H2,1-2H3,(H,21,23). The predicted octanol–water partition coefficient (Wildman–Crippen LogP) is 2.35. The van der Waals surface area contributed by atoms with Crippen LogP contribution in [0.3, 0.4) is 0 Å². The van der Waals surface area contributed by atoms with Crippen LogP contribution in [0.15, 0.2) is 18.2 Å². The number of benzene rings is 1. The quantitative estimate of drug-likeness (QED) is 0.842. The minimum absolute atomic E-state index is 0.126. The smallest absolute Gasteiger partial charge is 0.221 e. The van der Waals surface area contributed by atoms with Crippen LogP contribution in [0.25, 0.3) is 0 Å². The van der Waals surface area contributed by atoms with E-state index in [-0.39, 0.29) is 18.1 Å². The van der Waals surface area contributed by atoms with E-state index in [2.05, 4.69) is 17.1 Å². The molecule has 2 aliphatic heterocycles. The second-order valence-corrected chi connectivity index (χ2v) is 7.06. The fourth-order valence-corrected chi connectivity index (χ4v) is 3.52. The van der Waals surface area contributed by atoms with E-state index in [1.54, 1.807) is 7.11 Å². The third kappa shape index (κ3) is 5.11. The van der Waals surface area contributed by atoms with Crippen molar-refractivity contribution in [2.75, 3.05) is 33.4 Å². The topological polar surface area (TPSA) is 60.0 Å². The van der Waals surface area contributed by atoms with Crippen LogP contribution >= 0.6 is 0 Å². The van der Waals surface area contributed by atoms with Crippen LogP contribution in [0, 0.1) is 0 Å². The molecule has 0 aliphatic carbocycles. The molecule has 0 aromatic heterocycles. The molecule has 1 unspecified atom stereocenters. The van der Waals surface area contributed by atoms with E-state index in [4.69, 9.17) is 14.2 Å². The Hall–Kier alpha value is -1.79. The average Bonchev–Trinajstić information content (AvgIpc) is 2.85. The monoisotopic (exact) mass is 362 g/mol. The average molecular weight is 362 g/mol. The first-order chi connectivity index (χ1) is 12.7. The Morgan fingerprint density at radius 1 is 1.35 bits per heavy atom. The summed E-state index contributed by atoms with van der Waals surface area (Å²) in [6.07, 6.45) is 3.41. The van der Waals surface area contributed by atoms with Gasteiger partial charge >= 0.3 is 0 Å². The minimum atomic E-state index is 0.126. The van der Waals surface area contributed by atoms with E-state index < -0.39 is 0 Å². The van der Waals surface area contributed by atoms with Gasteiger partial charge in [-0.3, -0.25) is 9.69 Å². The van der Waals surface area contributed by atoms with Gasteiger partial charge in [0.25, 0.3) is 0 Å².